The zero-order valence-corrected chi connectivity index (χ0v) is 14.4. The van der Waals surface area contributed by atoms with Gasteiger partial charge in [-0.3, -0.25) is 9.69 Å². The zero-order chi connectivity index (χ0) is 16.1. The van der Waals surface area contributed by atoms with Crippen molar-refractivity contribution in [2.75, 3.05) is 18.4 Å². The molecule has 0 heterocycles. The molecule has 0 saturated heterocycles. The Labute approximate surface area is 135 Å². The van der Waals surface area contributed by atoms with Gasteiger partial charge >= 0.3 is 0 Å². The SMILES string of the molecule is CC(C)CCN(CC(=O)Nc1ccc(C(C)C)cc1)C1CC1. The maximum Gasteiger partial charge on any atom is 0.238 e. The van der Waals surface area contributed by atoms with Crippen molar-refractivity contribution in [1.29, 1.82) is 0 Å². The van der Waals surface area contributed by atoms with Crippen LogP contribution in [0.25, 0.3) is 0 Å². The highest BCUT2D eigenvalue weighted by Crippen LogP contribution is 2.27. The van der Waals surface area contributed by atoms with Crippen LogP contribution in [0.5, 0.6) is 0 Å². The van der Waals surface area contributed by atoms with Crippen LogP contribution in [-0.2, 0) is 4.79 Å². The van der Waals surface area contributed by atoms with Gasteiger partial charge in [-0.05, 0) is 55.3 Å². The molecule has 3 heteroatoms. The number of amides is 1. The van der Waals surface area contributed by atoms with Crippen LogP contribution in [0.1, 0.15) is 58.4 Å². The van der Waals surface area contributed by atoms with E-state index in [1.165, 1.54) is 18.4 Å². The van der Waals surface area contributed by atoms with Crippen molar-refractivity contribution in [1.82, 2.24) is 4.90 Å². The third-order valence-corrected chi connectivity index (χ3v) is 4.26. The van der Waals surface area contributed by atoms with Crippen LogP contribution in [0.15, 0.2) is 24.3 Å². The standard InChI is InChI=1S/C19H30N2O/c1-14(2)11-12-21(18-9-10-18)13-19(22)20-17-7-5-16(6-8-17)15(3)4/h5-8,14-15,18H,9-13H2,1-4H3,(H,20,22). The number of rotatable bonds is 8. The highest BCUT2D eigenvalue weighted by atomic mass is 16.2. The maximum absolute atomic E-state index is 12.3. The molecule has 1 aromatic rings. The number of carbonyl (C=O) groups excluding carboxylic acids is 1. The summed E-state index contributed by atoms with van der Waals surface area (Å²) < 4.78 is 0. The molecule has 0 spiro atoms. The molecule has 0 aliphatic heterocycles. The van der Waals surface area contributed by atoms with Crippen LogP contribution in [0.4, 0.5) is 5.69 Å². The number of hydrogen-bond acceptors (Lipinski definition) is 2. The van der Waals surface area contributed by atoms with Gasteiger partial charge in [-0.15, -0.1) is 0 Å². The van der Waals surface area contributed by atoms with E-state index in [2.05, 4.69) is 50.0 Å². The summed E-state index contributed by atoms with van der Waals surface area (Å²) in [4.78, 5) is 14.6. The first kappa shape index (κ1) is 17.0. The quantitative estimate of drug-likeness (QED) is 0.778. The van der Waals surface area contributed by atoms with Crippen LogP contribution in [0.2, 0.25) is 0 Å². The Morgan fingerprint density at radius 2 is 1.82 bits per heavy atom. The molecule has 1 saturated carbocycles. The summed E-state index contributed by atoms with van der Waals surface area (Å²) in [5, 5.41) is 3.03. The van der Waals surface area contributed by atoms with Crippen molar-refractivity contribution in [3.8, 4) is 0 Å². The first-order valence-corrected chi connectivity index (χ1v) is 8.59. The molecule has 22 heavy (non-hydrogen) atoms. The average molecular weight is 302 g/mol. The zero-order valence-electron chi connectivity index (χ0n) is 14.4. The van der Waals surface area contributed by atoms with Crippen molar-refractivity contribution in [2.24, 2.45) is 5.92 Å². The normalized spacial score (nSPS) is 14.9. The molecule has 2 rings (SSSR count). The van der Waals surface area contributed by atoms with Crippen LogP contribution >= 0.6 is 0 Å². The van der Waals surface area contributed by atoms with E-state index in [-0.39, 0.29) is 5.91 Å². The number of carbonyl (C=O) groups is 1. The molecule has 122 valence electrons. The summed E-state index contributed by atoms with van der Waals surface area (Å²) in [6.45, 7) is 10.4. The van der Waals surface area contributed by atoms with Crippen LogP contribution in [0, 0.1) is 5.92 Å². The van der Waals surface area contributed by atoms with Crippen molar-refractivity contribution < 1.29 is 4.79 Å². The summed E-state index contributed by atoms with van der Waals surface area (Å²) in [7, 11) is 0. The van der Waals surface area contributed by atoms with E-state index < -0.39 is 0 Å². The third kappa shape index (κ3) is 5.45. The number of hydrogen-bond donors (Lipinski definition) is 1. The number of anilines is 1. The van der Waals surface area contributed by atoms with Crippen molar-refractivity contribution in [3.63, 3.8) is 0 Å². The fourth-order valence-electron chi connectivity index (χ4n) is 2.59. The summed E-state index contributed by atoms with van der Waals surface area (Å²) >= 11 is 0. The first-order valence-electron chi connectivity index (χ1n) is 8.59. The van der Waals surface area contributed by atoms with Crippen molar-refractivity contribution in [2.45, 2.75) is 58.9 Å². The first-order chi connectivity index (χ1) is 10.5. The Morgan fingerprint density at radius 1 is 1.18 bits per heavy atom. The predicted molar refractivity (Wildman–Crippen MR) is 93.2 cm³/mol. The number of nitrogens with one attached hydrogen (secondary N) is 1. The van der Waals surface area contributed by atoms with E-state index in [1.807, 2.05) is 12.1 Å². The molecule has 1 N–H and O–H groups in total. The van der Waals surface area contributed by atoms with Gasteiger partial charge in [-0.2, -0.15) is 0 Å². The lowest BCUT2D eigenvalue weighted by atomic mass is 10.0. The van der Waals surface area contributed by atoms with E-state index in [9.17, 15) is 4.79 Å². The molecule has 1 aliphatic rings. The molecule has 0 atom stereocenters. The van der Waals surface area contributed by atoms with Gasteiger partial charge in [0.2, 0.25) is 5.91 Å². The fourth-order valence-corrected chi connectivity index (χ4v) is 2.59. The molecule has 1 aromatic carbocycles. The molecule has 0 radical (unpaired) electrons. The Morgan fingerprint density at radius 3 is 2.32 bits per heavy atom. The Kier molecular flexibility index (Phi) is 6.01. The second-order valence-electron chi connectivity index (χ2n) is 7.21. The van der Waals surface area contributed by atoms with Gasteiger partial charge in [0.25, 0.3) is 0 Å². The molecule has 3 nitrogen and oxygen atoms in total. The Bertz CT molecular complexity index is 475. The topological polar surface area (TPSA) is 32.3 Å². The molecule has 0 bridgehead atoms. The van der Waals surface area contributed by atoms with Crippen LogP contribution in [0.3, 0.4) is 0 Å². The Balaban J connectivity index is 1.85. The highest BCUT2D eigenvalue weighted by Gasteiger charge is 2.29. The number of benzene rings is 1. The van der Waals surface area contributed by atoms with Gasteiger partial charge < -0.3 is 5.32 Å². The smallest absolute Gasteiger partial charge is 0.238 e. The summed E-state index contributed by atoms with van der Waals surface area (Å²) in [5.74, 6) is 1.31. The molecule has 0 aromatic heterocycles. The van der Waals surface area contributed by atoms with Gasteiger partial charge in [0.1, 0.15) is 0 Å². The molecular weight excluding hydrogens is 272 g/mol. The maximum atomic E-state index is 12.3. The summed E-state index contributed by atoms with van der Waals surface area (Å²) in [6, 6.07) is 8.83. The van der Waals surface area contributed by atoms with Gasteiger partial charge in [-0.1, -0.05) is 39.8 Å². The third-order valence-electron chi connectivity index (χ3n) is 4.26. The highest BCUT2D eigenvalue weighted by molar-refractivity contribution is 5.92. The minimum atomic E-state index is 0.105. The second-order valence-corrected chi connectivity index (χ2v) is 7.21. The lowest BCUT2D eigenvalue weighted by molar-refractivity contribution is -0.117. The summed E-state index contributed by atoms with van der Waals surface area (Å²) in [6.07, 6.45) is 3.65. The van der Waals surface area contributed by atoms with Gasteiger partial charge in [0.05, 0.1) is 6.54 Å². The fraction of sp³-hybridized carbons (Fsp3) is 0.632. The van der Waals surface area contributed by atoms with Crippen LogP contribution < -0.4 is 5.32 Å². The molecule has 1 fully saturated rings. The van der Waals surface area contributed by atoms with E-state index in [4.69, 9.17) is 0 Å². The Hall–Kier alpha value is -1.35. The molecule has 0 unspecified atom stereocenters. The number of nitrogens with zero attached hydrogens (tertiary/aromatic N) is 1. The molecule has 1 aliphatic carbocycles. The second kappa shape index (κ2) is 7.77. The van der Waals surface area contributed by atoms with E-state index in [0.717, 1.165) is 18.7 Å². The summed E-state index contributed by atoms with van der Waals surface area (Å²) in [5.41, 5.74) is 2.20. The monoisotopic (exact) mass is 302 g/mol. The lowest BCUT2D eigenvalue weighted by Gasteiger charge is -2.22. The minimum absolute atomic E-state index is 0.105. The molecule has 1 amide bonds. The van der Waals surface area contributed by atoms with Crippen molar-refractivity contribution >= 4 is 11.6 Å². The van der Waals surface area contributed by atoms with E-state index in [1.54, 1.807) is 0 Å². The lowest BCUT2D eigenvalue weighted by Crippen LogP contribution is -2.36. The van der Waals surface area contributed by atoms with E-state index in [0.29, 0.717) is 24.4 Å². The van der Waals surface area contributed by atoms with E-state index >= 15 is 0 Å². The van der Waals surface area contributed by atoms with Gasteiger partial charge in [-0.25, -0.2) is 0 Å². The largest absolute Gasteiger partial charge is 0.325 e. The molecular formula is C19H30N2O. The van der Waals surface area contributed by atoms with Gasteiger partial charge in [0, 0.05) is 11.7 Å². The van der Waals surface area contributed by atoms with Crippen molar-refractivity contribution in [3.05, 3.63) is 29.8 Å². The van der Waals surface area contributed by atoms with Gasteiger partial charge in [0.15, 0.2) is 0 Å². The average Bonchev–Trinajstić information content (AvgIpc) is 3.28. The van der Waals surface area contributed by atoms with Crippen LogP contribution in [-0.4, -0.2) is 29.9 Å². The minimum Gasteiger partial charge on any atom is -0.325 e. The predicted octanol–water partition coefficient (Wildman–Crippen LogP) is 4.26.